The van der Waals surface area contributed by atoms with Gasteiger partial charge in [0.2, 0.25) is 35.4 Å². The molecule has 4 unspecified atom stereocenters. The van der Waals surface area contributed by atoms with Crippen LogP contribution in [0.3, 0.4) is 0 Å². The zero-order valence-electron chi connectivity index (χ0n) is 48.9. The number of carboxylic acid groups (broad SMARTS) is 1. The van der Waals surface area contributed by atoms with Crippen LogP contribution in [0, 0.1) is 23.2 Å². The summed E-state index contributed by atoms with van der Waals surface area (Å²) in [6.07, 6.45) is 0.778. The molecule has 0 aliphatic carbocycles. The van der Waals surface area contributed by atoms with Crippen molar-refractivity contribution >= 4 is 70.6 Å². The number of para-hydroxylation sites is 1. The number of hydrogen-bond acceptors (Lipinski definition) is 11. The lowest BCUT2D eigenvalue weighted by Gasteiger charge is -2.40. The smallest absolute Gasteiger partial charge is 0.411 e. The van der Waals surface area contributed by atoms with Crippen molar-refractivity contribution in [2.45, 2.75) is 124 Å². The number of benzene rings is 4. The summed E-state index contributed by atoms with van der Waals surface area (Å²) in [4.78, 5) is 121. The van der Waals surface area contributed by atoms with E-state index >= 15 is 0 Å². The first-order chi connectivity index (χ1) is 39.2. The third-order valence-electron chi connectivity index (χ3n) is 14.2. The Morgan fingerprint density at radius 1 is 0.771 bits per heavy atom. The molecule has 0 fully saturated rings. The number of aliphatic carboxylic acids is 1. The molecule has 442 valence electrons. The first kappa shape index (κ1) is 64.8. The largest absolute Gasteiger partial charge is 0.478 e. The summed E-state index contributed by atoms with van der Waals surface area (Å²) in [5, 5.41) is 28.7. The Balaban J connectivity index is 1.14. The van der Waals surface area contributed by atoms with E-state index in [0.717, 1.165) is 11.1 Å². The van der Waals surface area contributed by atoms with E-state index in [4.69, 9.17) is 10.5 Å². The van der Waals surface area contributed by atoms with E-state index in [9.17, 15) is 48.3 Å². The quantitative estimate of drug-likeness (QED) is 0.0208. The molecular weight excluding hydrogens is 1060 g/mol. The molecule has 4 atom stereocenters. The summed E-state index contributed by atoms with van der Waals surface area (Å²) in [5.41, 5.74) is 8.64. The first-order valence-corrected chi connectivity index (χ1v) is 27.4. The van der Waals surface area contributed by atoms with Gasteiger partial charge >= 0.3 is 18.1 Å². The number of carbonyl (C=O) groups is 9. The van der Waals surface area contributed by atoms with E-state index < -0.39 is 83.3 Å². The molecule has 0 saturated carbocycles. The highest BCUT2D eigenvalue weighted by Gasteiger charge is 2.42. The summed E-state index contributed by atoms with van der Waals surface area (Å²) in [6, 6.07) is 24.0. The Morgan fingerprint density at radius 2 is 1.43 bits per heavy atom. The van der Waals surface area contributed by atoms with Crippen LogP contribution in [0.15, 0.2) is 109 Å². The normalized spacial score (nSPS) is 13.5. The van der Waals surface area contributed by atoms with Gasteiger partial charge in [0.25, 0.3) is 0 Å². The molecule has 0 aromatic heterocycles. The van der Waals surface area contributed by atoms with E-state index in [-0.39, 0.29) is 68.7 Å². The maximum absolute atomic E-state index is 14.2. The minimum atomic E-state index is -1.10. The molecule has 4 aromatic rings. The van der Waals surface area contributed by atoms with Crippen molar-refractivity contribution in [2.24, 2.45) is 17.1 Å². The van der Waals surface area contributed by atoms with Gasteiger partial charge in [-0.3, -0.25) is 34.1 Å². The summed E-state index contributed by atoms with van der Waals surface area (Å²) in [7, 11) is 3.24. The highest BCUT2D eigenvalue weighted by atomic mass is 16.5. The average molecular weight is 1140 g/mol. The van der Waals surface area contributed by atoms with Gasteiger partial charge in [-0.25, -0.2) is 14.4 Å². The van der Waals surface area contributed by atoms with Gasteiger partial charge in [-0.05, 0) is 97.3 Å². The van der Waals surface area contributed by atoms with Crippen molar-refractivity contribution < 1.29 is 53.0 Å². The molecule has 4 aromatic carbocycles. The van der Waals surface area contributed by atoms with Crippen LogP contribution in [0.4, 0.5) is 26.7 Å². The number of ether oxygens (including phenoxy) is 1. The number of carbonyl (C=O) groups excluding carboxylic acids is 8. The Labute approximate surface area is 485 Å². The molecule has 9 amide bonds. The van der Waals surface area contributed by atoms with Gasteiger partial charge in [-0.1, -0.05) is 121 Å². The van der Waals surface area contributed by atoms with Crippen molar-refractivity contribution in [3.63, 3.8) is 0 Å². The van der Waals surface area contributed by atoms with Crippen LogP contribution >= 0.6 is 0 Å². The molecule has 1 aliphatic rings. The molecule has 0 bridgehead atoms. The fraction of sp³-hybridized carbons (Fsp3) is 0.403. The van der Waals surface area contributed by atoms with Crippen molar-refractivity contribution in [1.82, 2.24) is 31.5 Å². The van der Waals surface area contributed by atoms with Crippen LogP contribution in [0.1, 0.15) is 109 Å². The number of hydrogen-bond donors (Lipinski definition) is 9. The molecule has 10 N–H and O–H groups in total. The monoisotopic (exact) mass is 1140 g/mol. The van der Waals surface area contributed by atoms with Crippen LogP contribution in [0.25, 0.3) is 0 Å². The van der Waals surface area contributed by atoms with E-state index in [1.54, 1.807) is 73.6 Å². The average Bonchev–Trinajstić information content (AvgIpc) is 3.59. The summed E-state index contributed by atoms with van der Waals surface area (Å²) < 4.78 is 5.53. The fourth-order valence-corrected chi connectivity index (χ4v) is 9.37. The van der Waals surface area contributed by atoms with E-state index in [0.29, 0.717) is 33.8 Å². The molecule has 0 spiro atoms. The van der Waals surface area contributed by atoms with Gasteiger partial charge in [-0.2, -0.15) is 0 Å². The lowest BCUT2D eigenvalue weighted by Crippen LogP contribution is -2.61. The number of urea groups is 1. The minimum Gasteiger partial charge on any atom is -0.478 e. The second-order valence-electron chi connectivity index (χ2n) is 22.3. The second kappa shape index (κ2) is 29.6. The van der Waals surface area contributed by atoms with Crippen LogP contribution in [-0.4, -0.2) is 115 Å². The van der Waals surface area contributed by atoms with Crippen molar-refractivity contribution in [3.05, 3.63) is 137 Å². The number of nitrogens with one attached hydrogen (secondary N) is 7. The van der Waals surface area contributed by atoms with Crippen LogP contribution in [0.5, 0.6) is 0 Å². The van der Waals surface area contributed by atoms with Gasteiger partial charge in [0.15, 0.2) is 0 Å². The van der Waals surface area contributed by atoms with Crippen LogP contribution in [0.2, 0.25) is 0 Å². The lowest BCUT2D eigenvalue weighted by molar-refractivity contribution is -0.141. The number of fused-ring (bicyclic) bond motifs is 2. The molecular formula is C62H78N10O11. The van der Waals surface area contributed by atoms with Gasteiger partial charge in [0.05, 0.1) is 30.9 Å². The number of primary amides is 1. The molecule has 1 heterocycles. The molecule has 83 heavy (non-hydrogen) atoms. The summed E-state index contributed by atoms with van der Waals surface area (Å²) in [5.74, 6) is 2.17. The molecule has 0 radical (unpaired) electrons. The minimum absolute atomic E-state index is 0.0903. The molecule has 0 saturated heterocycles. The highest BCUT2D eigenvalue weighted by molar-refractivity contribution is 5.99. The van der Waals surface area contributed by atoms with Crippen molar-refractivity contribution in [1.29, 1.82) is 0 Å². The summed E-state index contributed by atoms with van der Waals surface area (Å²) >= 11 is 0. The molecule has 5 rings (SSSR count). The van der Waals surface area contributed by atoms with Crippen LogP contribution in [-0.2, 0) is 56.9 Å². The van der Waals surface area contributed by atoms with Gasteiger partial charge < -0.3 is 57.3 Å². The third kappa shape index (κ3) is 18.8. The zero-order valence-corrected chi connectivity index (χ0v) is 48.9. The predicted molar refractivity (Wildman–Crippen MR) is 316 cm³/mol. The number of amides is 9. The van der Waals surface area contributed by atoms with Gasteiger partial charge in [-0.15, -0.1) is 0 Å². The number of anilines is 3. The maximum atomic E-state index is 14.2. The van der Waals surface area contributed by atoms with E-state index in [1.165, 1.54) is 11.8 Å². The number of nitrogens with two attached hydrogens (primary N) is 1. The SMILES string of the molecule is CNC(C(=O)NC(C(=O)N(C)C(/C=C(\C)C(=O)O)C(C)C)C(C)(C)C)C(C)(C)c1cccc(NC(=O)OCc2ccc(NC(=O)C(CCCNC(N)=O)NC(=O)CNC(=O)CCC(=O)N3Cc4ccccc4C#Cc4ccccc43)cc2)c1. The molecule has 21 heteroatoms. The number of likely N-dealkylation sites (N-methyl/N-ethyl adjacent to an activating group) is 2. The van der Waals surface area contributed by atoms with E-state index in [1.807, 2.05) is 97.0 Å². The maximum Gasteiger partial charge on any atom is 0.411 e. The highest BCUT2D eigenvalue weighted by Crippen LogP contribution is 2.32. The topological polar surface area (TPSA) is 300 Å². The standard InChI is InChI=1S/C62H78N10O11/c1-38(2)49(33-39(3)58(79)80)71(10)57(78)54(61(4,5)6)70-56(77)53(64-9)62(7,8)44-20-15-21-46(34-44)68-60(82)83-37-40-24-28-45(29-25-40)67-55(76)47(22-16-32-65-59(63)81)69-51(74)35-66-50(73)30-31-52(75)72-36-43-19-12-11-17-41(43)26-27-42-18-13-14-23-48(42)72/h11-15,17-21,23-25,28-29,33-34,38,47,49,53-54,64H,16,22,30-32,35-37H2,1-10H3,(H,66,73)(H,67,76)(H,68,82)(H,69,74)(H,70,77)(H,79,80)(H3,63,65,81)/b39-33+. The van der Waals surface area contributed by atoms with Crippen molar-refractivity contribution in [2.75, 3.05) is 42.7 Å². The lowest BCUT2D eigenvalue weighted by atomic mass is 9.76. The molecule has 21 nitrogen and oxygen atoms in total. The summed E-state index contributed by atoms with van der Waals surface area (Å²) in [6.45, 7) is 14.2. The van der Waals surface area contributed by atoms with E-state index in [2.05, 4.69) is 49.1 Å². The van der Waals surface area contributed by atoms with Crippen molar-refractivity contribution in [3.8, 4) is 11.8 Å². The second-order valence-corrected chi connectivity index (χ2v) is 22.3. The zero-order chi connectivity index (χ0) is 61.2. The van der Waals surface area contributed by atoms with Gasteiger partial charge in [0, 0.05) is 59.9 Å². The Kier molecular flexibility index (Phi) is 23.1. The Morgan fingerprint density at radius 3 is 2.08 bits per heavy atom. The molecule has 1 aliphatic heterocycles. The first-order valence-electron chi connectivity index (χ1n) is 27.4. The Hall–Kier alpha value is -9.03. The predicted octanol–water partition coefficient (Wildman–Crippen LogP) is 6.06. The van der Waals surface area contributed by atoms with Crippen LogP contribution < -0.4 is 47.9 Å². The third-order valence-corrected chi connectivity index (χ3v) is 14.2. The number of carboxylic acids is 1. The Bertz CT molecular complexity index is 3120. The number of nitrogens with zero attached hydrogens (tertiary/aromatic N) is 2. The number of rotatable bonds is 25. The van der Waals surface area contributed by atoms with Gasteiger partial charge in [0.1, 0.15) is 18.7 Å². The fourth-order valence-electron chi connectivity index (χ4n) is 9.37.